The lowest BCUT2D eigenvalue weighted by Crippen LogP contribution is -3.25. The first-order chi connectivity index (χ1) is 14.8. The molecule has 31 heavy (non-hydrogen) atoms. The minimum Gasteiger partial charge on any atom is -0.411 e. The molecule has 0 amide bonds. The van der Waals surface area contributed by atoms with Gasteiger partial charge in [0.2, 0.25) is 0 Å². The number of rotatable bonds is 2. The second-order valence-electron chi connectivity index (χ2n) is 12.0. The third-order valence-electron chi connectivity index (χ3n) is 11.1. The van der Waals surface area contributed by atoms with Gasteiger partial charge in [0, 0.05) is 5.41 Å². The zero-order valence-electron chi connectivity index (χ0n) is 19.7. The Morgan fingerprint density at radius 2 is 1.81 bits per heavy atom. The van der Waals surface area contributed by atoms with Gasteiger partial charge < -0.3 is 20.3 Å². The summed E-state index contributed by atoms with van der Waals surface area (Å²) in [4.78, 5) is 1.46. The summed E-state index contributed by atoms with van der Waals surface area (Å²) >= 11 is 0. The van der Waals surface area contributed by atoms with Gasteiger partial charge in [0.25, 0.3) is 0 Å². The maximum atomic E-state index is 11.7. The molecule has 5 heteroatoms. The van der Waals surface area contributed by atoms with E-state index in [9.17, 15) is 15.4 Å². The molecule has 5 nitrogen and oxygen atoms in total. The van der Waals surface area contributed by atoms with E-state index in [0.29, 0.717) is 17.8 Å². The summed E-state index contributed by atoms with van der Waals surface area (Å²) in [5.74, 6) is 1.67. The van der Waals surface area contributed by atoms with Crippen LogP contribution in [-0.4, -0.2) is 52.0 Å². The van der Waals surface area contributed by atoms with Crippen molar-refractivity contribution in [3.63, 3.8) is 0 Å². The van der Waals surface area contributed by atoms with E-state index in [1.807, 2.05) is 6.92 Å². The fourth-order valence-corrected chi connectivity index (χ4v) is 9.69. The quantitative estimate of drug-likeness (QED) is 0.235. The number of fused-ring (bicyclic) bond motifs is 5. The minimum absolute atomic E-state index is 0.0492. The third kappa shape index (κ3) is 2.81. The highest BCUT2D eigenvalue weighted by molar-refractivity contribution is 5.92. The van der Waals surface area contributed by atoms with Crippen molar-refractivity contribution in [3.05, 3.63) is 11.6 Å². The van der Waals surface area contributed by atoms with Crippen molar-refractivity contribution in [2.45, 2.75) is 103 Å². The number of oxime groups is 1. The molecule has 3 saturated carbocycles. The number of hydrogen-bond acceptors (Lipinski definition) is 4. The summed E-state index contributed by atoms with van der Waals surface area (Å²) < 4.78 is 0. The van der Waals surface area contributed by atoms with Crippen molar-refractivity contribution in [2.24, 2.45) is 33.7 Å². The van der Waals surface area contributed by atoms with Crippen molar-refractivity contribution in [3.8, 4) is 0 Å². The van der Waals surface area contributed by atoms with Crippen molar-refractivity contribution in [1.29, 1.82) is 0 Å². The number of hydrogen-bond donors (Lipinski definition) is 4. The Kier molecular flexibility index (Phi) is 5.35. The van der Waals surface area contributed by atoms with E-state index in [1.54, 1.807) is 0 Å². The molecule has 0 unspecified atom stereocenters. The molecular weight excluding hydrogens is 388 g/mol. The van der Waals surface area contributed by atoms with Gasteiger partial charge in [-0.05, 0) is 94.3 Å². The predicted molar refractivity (Wildman–Crippen MR) is 121 cm³/mol. The second-order valence-corrected chi connectivity index (χ2v) is 12.0. The normalized spacial score (nSPS) is 50.9. The van der Waals surface area contributed by atoms with Gasteiger partial charge in [0.15, 0.2) is 5.54 Å². The SMILES string of the molecule is CC(=NO)[C@]1([NH+]2CCCCC2)[C@H](O)C[C@@H]2[C@H]3CC=C4C[C@@H](O)CC[C@]4(C)[C@@H]3CC[C@@]21C. The lowest BCUT2D eigenvalue weighted by molar-refractivity contribution is -0.956. The zero-order valence-corrected chi connectivity index (χ0v) is 19.7. The van der Waals surface area contributed by atoms with Crippen LogP contribution >= 0.6 is 0 Å². The Hall–Kier alpha value is -0.910. The van der Waals surface area contributed by atoms with Crippen LogP contribution in [0.15, 0.2) is 16.8 Å². The predicted octanol–water partition coefficient (Wildman–Crippen LogP) is 2.94. The first-order valence-corrected chi connectivity index (χ1v) is 12.9. The summed E-state index contributed by atoms with van der Waals surface area (Å²) in [5.41, 5.74) is 1.94. The van der Waals surface area contributed by atoms with E-state index in [-0.39, 0.29) is 16.9 Å². The lowest BCUT2D eigenvalue weighted by Gasteiger charge is -2.60. The van der Waals surface area contributed by atoms with Gasteiger partial charge >= 0.3 is 0 Å². The average Bonchev–Trinajstić information content (AvgIpc) is 3.01. The Balaban J connectivity index is 1.55. The fourth-order valence-electron chi connectivity index (χ4n) is 9.69. The summed E-state index contributed by atoms with van der Waals surface area (Å²) in [6.45, 7) is 8.99. The van der Waals surface area contributed by atoms with Crippen molar-refractivity contribution >= 4 is 5.71 Å². The third-order valence-corrected chi connectivity index (χ3v) is 11.1. The van der Waals surface area contributed by atoms with Gasteiger partial charge in [-0.1, -0.05) is 30.7 Å². The van der Waals surface area contributed by atoms with Crippen LogP contribution in [0.25, 0.3) is 0 Å². The first-order valence-electron chi connectivity index (χ1n) is 12.9. The van der Waals surface area contributed by atoms with Crippen LogP contribution in [0.3, 0.4) is 0 Å². The maximum absolute atomic E-state index is 11.7. The Morgan fingerprint density at radius 1 is 1.06 bits per heavy atom. The number of aliphatic hydroxyl groups is 2. The number of nitrogens with one attached hydrogen (secondary N) is 1. The molecule has 4 aliphatic carbocycles. The second kappa shape index (κ2) is 7.56. The number of quaternary nitrogens is 1. The van der Waals surface area contributed by atoms with E-state index < -0.39 is 11.6 Å². The van der Waals surface area contributed by atoms with Crippen LogP contribution in [0, 0.1) is 28.6 Å². The highest BCUT2D eigenvalue weighted by atomic mass is 16.4. The number of allylic oxidation sites excluding steroid dienone is 1. The zero-order chi connectivity index (χ0) is 22.0. The van der Waals surface area contributed by atoms with E-state index in [0.717, 1.165) is 57.3 Å². The fraction of sp³-hybridized carbons (Fsp3) is 0.885. The average molecular weight is 432 g/mol. The molecule has 0 bridgehead atoms. The van der Waals surface area contributed by atoms with E-state index in [4.69, 9.17) is 0 Å². The van der Waals surface area contributed by atoms with Gasteiger partial charge in [0.1, 0.15) is 11.8 Å². The van der Waals surface area contributed by atoms with Crippen LogP contribution in [-0.2, 0) is 0 Å². The van der Waals surface area contributed by atoms with E-state index in [1.165, 1.54) is 36.2 Å². The van der Waals surface area contributed by atoms with Crippen molar-refractivity contribution in [2.75, 3.05) is 13.1 Å². The van der Waals surface area contributed by atoms with Crippen LogP contribution in [0.4, 0.5) is 0 Å². The van der Waals surface area contributed by atoms with Gasteiger partial charge in [0.05, 0.1) is 19.2 Å². The molecular formula is C26H43N2O3+. The highest BCUT2D eigenvalue weighted by Crippen LogP contribution is 2.66. The molecule has 0 spiro atoms. The lowest BCUT2D eigenvalue weighted by atomic mass is 9.46. The number of aliphatic hydroxyl groups excluding tert-OH is 2. The number of nitrogens with zero attached hydrogens (tertiary/aromatic N) is 1. The van der Waals surface area contributed by atoms with E-state index in [2.05, 4.69) is 25.1 Å². The summed E-state index contributed by atoms with van der Waals surface area (Å²) in [6, 6.07) is 0. The molecule has 4 N–H and O–H groups in total. The molecule has 0 radical (unpaired) electrons. The highest BCUT2D eigenvalue weighted by Gasteiger charge is 2.73. The van der Waals surface area contributed by atoms with Crippen molar-refractivity contribution in [1.82, 2.24) is 0 Å². The molecule has 5 rings (SSSR count). The van der Waals surface area contributed by atoms with Gasteiger partial charge in [-0.3, -0.25) is 0 Å². The molecule has 0 aromatic rings. The van der Waals surface area contributed by atoms with Crippen LogP contribution in [0.2, 0.25) is 0 Å². The van der Waals surface area contributed by atoms with Crippen LogP contribution < -0.4 is 4.90 Å². The van der Waals surface area contributed by atoms with Gasteiger partial charge in [-0.2, -0.15) is 0 Å². The minimum atomic E-state index is -0.467. The van der Waals surface area contributed by atoms with Crippen molar-refractivity contribution < 1.29 is 20.3 Å². The smallest absolute Gasteiger partial charge is 0.171 e. The van der Waals surface area contributed by atoms with E-state index >= 15 is 0 Å². The van der Waals surface area contributed by atoms with Crippen LogP contribution in [0.5, 0.6) is 0 Å². The largest absolute Gasteiger partial charge is 0.411 e. The molecule has 0 aromatic carbocycles. The summed E-state index contributed by atoms with van der Waals surface area (Å²) in [5, 5.41) is 35.8. The molecule has 8 atom stereocenters. The monoisotopic (exact) mass is 431 g/mol. The first kappa shape index (κ1) is 21.9. The topological polar surface area (TPSA) is 77.5 Å². The molecule has 4 fully saturated rings. The Bertz CT molecular complexity index is 775. The van der Waals surface area contributed by atoms with Gasteiger partial charge in [-0.15, -0.1) is 0 Å². The standard InChI is InChI=1S/C26H42N2O3/c1-17(27-31)26(28-13-5-4-6-14-28)23(30)16-22-20-8-7-18-15-19(29)9-11-24(18,2)21(20)10-12-25(22,26)3/h7,19-23,29-31H,4-6,8-16H2,1-3H3/p+1/t19-,20-,21+,22+,23+,24-,25-,26-/m0/s1. The van der Waals surface area contributed by atoms with Crippen LogP contribution in [0.1, 0.15) is 85.0 Å². The molecule has 174 valence electrons. The van der Waals surface area contributed by atoms with Gasteiger partial charge in [-0.25, -0.2) is 0 Å². The molecule has 1 heterocycles. The molecule has 0 aromatic heterocycles. The molecule has 5 aliphatic rings. The number of piperidine rings is 1. The number of likely N-dealkylation sites (tertiary alicyclic amines) is 1. The summed E-state index contributed by atoms with van der Waals surface area (Å²) in [7, 11) is 0. The molecule has 1 saturated heterocycles. The Morgan fingerprint density at radius 3 is 2.52 bits per heavy atom. The Labute approximate surface area is 187 Å². The molecule has 1 aliphatic heterocycles. The maximum Gasteiger partial charge on any atom is 0.171 e. The summed E-state index contributed by atoms with van der Waals surface area (Å²) in [6.07, 6.45) is 12.5.